The van der Waals surface area contributed by atoms with Crippen molar-refractivity contribution in [2.75, 3.05) is 17.7 Å². The van der Waals surface area contributed by atoms with Crippen LogP contribution in [-0.4, -0.2) is 34.2 Å². The fourth-order valence-corrected chi connectivity index (χ4v) is 3.16. The van der Waals surface area contributed by atoms with Crippen molar-refractivity contribution >= 4 is 51.2 Å². The average Bonchev–Trinajstić information content (AvgIpc) is 3.19. The maximum Gasteiger partial charge on any atom is 0.357 e. The third kappa shape index (κ3) is 3.92. The summed E-state index contributed by atoms with van der Waals surface area (Å²) in [5, 5.41) is 4.95. The van der Waals surface area contributed by atoms with Gasteiger partial charge in [0.15, 0.2) is 16.4 Å². The first-order chi connectivity index (χ1) is 11.7. The van der Waals surface area contributed by atoms with Crippen molar-refractivity contribution in [3.63, 3.8) is 0 Å². The van der Waals surface area contributed by atoms with E-state index < -0.39 is 5.97 Å². The third-order valence-electron chi connectivity index (χ3n) is 2.84. The van der Waals surface area contributed by atoms with E-state index in [1.54, 1.807) is 12.3 Å². The molecule has 0 aliphatic rings. The van der Waals surface area contributed by atoms with Crippen molar-refractivity contribution in [3.05, 3.63) is 35.3 Å². The van der Waals surface area contributed by atoms with Gasteiger partial charge in [-0.3, -0.25) is 4.79 Å². The Morgan fingerprint density at radius 2 is 2.17 bits per heavy atom. The molecule has 2 heterocycles. The van der Waals surface area contributed by atoms with E-state index in [0.717, 1.165) is 5.52 Å². The average molecular weight is 363 g/mol. The molecule has 3 rings (SSSR count). The second kappa shape index (κ2) is 7.45. The molecule has 0 aliphatic carbocycles. The molecule has 24 heavy (non-hydrogen) atoms. The molecule has 9 heteroatoms. The molecule has 0 saturated carbocycles. The van der Waals surface area contributed by atoms with Crippen molar-refractivity contribution in [1.82, 2.24) is 9.97 Å². The molecular weight excluding hydrogens is 350 g/mol. The highest BCUT2D eigenvalue weighted by Crippen LogP contribution is 2.23. The Labute approximate surface area is 145 Å². The van der Waals surface area contributed by atoms with E-state index in [0.29, 0.717) is 15.9 Å². The Morgan fingerprint density at radius 1 is 1.33 bits per heavy atom. The van der Waals surface area contributed by atoms with Crippen molar-refractivity contribution < 1.29 is 18.7 Å². The molecule has 0 fully saturated rings. The summed E-state index contributed by atoms with van der Waals surface area (Å²) in [7, 11) is 0. The molecule has 2 aromatic heterocycles. The largest absolute Gasteiger partial charge is 0.461 e. The molecule has 3 aromatic rings. The van der Waals surface area contributed by atoms with Gasteiger partial charge >= 0.3 is 5.97 Å². The van der Waals surface area contributed by atoms with Gasteiger partial charge in [0.05, 0.1) is 12.4 Å². The van der Waals surface area contributed by atoms with Gasteiger partial charge in [0.2, 0.25) is 5.91 Å². The number of aromatic nitrogens is 2. The number of para-hydroxylation sites is 2. The van der Waals surface area contributed by atoms with Crippen LogP contribution in [0.25, 0.3) is 11.1 Å². The van der Waals surface area contributed by atoms with Crippen LogP contribution in [0.3, 0.4) is 0 Å². The number of thiazole rings is 1. The topological polar surface area (TPSA) is 94.3 Å². The predicted molar refractivity (Wildman–Crippen MR) is 91.4 cm³/mol. The minimum atomic E-state index is -0.505. The van der Waals surface area contributed by atoms with Gasteiger partial charge in [-0.1, -0.05) is 23.9 Å². The maximum absolute atomic E-state index is 12.0. The number of benzene rings is 1. The fraction of sp³-hybridized carbons (Fsp3) is 0.200. The number of nitrogens with zero attached hydrogens (tertiary/aromatic N) is 2. The molecule has 0 spiro atoms. The van der Waals surface area contributed by atoms with Crippen molar-refractivity contribution in [1.29, 1.82) is 0 Å². The van der Waals surface area contributed by atoms with Gasteiger partial charge in [-0.25, -0.2) is 14.8 Å². The minimum absolute atomic E-state index is 0.126. The first-order valence-electron chi connectivity index (χ1n) is 7.06. The molecule has 1 amide bonds. The first-order valence-corrected chi connectivity index (χ1v) is 8.93. The molecule has 0 atom stereocenters. The molecule has 0 bridgehead atoms. The second-order valence-electron chi connectivity index (χ2n) is 4.54. The highest BCUT2D eigenvalue weighted by atomic mass is 32.2. The molecular formula is C15H13N3O4S2. The number of hydrogen-bond acceptors (Lipinski definition) is 8. The molecule has 0 saturated heterocycles. The van der Waals surface area contributed by atoms with Crippen LogP contribution in [-0.2, 0) is 9.53 Å². The number of oxazole rings is 1. The van der Waals surface area contributed by atoms with Gasteiger partial charge in [-0.15, -0.1) is 11.3 Å². The smallest absolute Gasteiger partial charge is 0.357 e. The Hall–Kier alpha value is -2.39. The highest BCUT2D eigenvalue weighted by molar-refractivity contribution is 7.99. The van der Waals surface area contributed by atoms with Gasteiger partial charge in [-0.2, -0.15) is 0 Å². The summed E-state index contributed by atoms with van der Waals surface area (Å²) in [5.41, 5.74) is 1.61. The fourth-order valence-electron chi connectivity index (χ4n) is 1.83. The number of carbonyl (C=O) groups is 2. The summed E-state index contributed by atoms with van der Waals surface area (Å²) in [5.74, 6) is -0.636. The Balaban J connectivity index is 1.55. The molecule has 1 aromatic carbocycles. The SMILES string of the molecule is CCOC(=O)c1csc(NC(=O)CSc2nc3ccccc3o2)n1. The van der Waals surface area contributed by atoms with Crippen molar-refractivity contribution in [2.24, 2.45) is 0 Å². The molecule has 124 valence electrons. The number of ether oxygens (including phenoxy) is 1. The number of fused-ring (bicyclic) bond motifs is 1. The quantitative estimate of drug-likeness (QED) is 0.531. The van der Waals surface area contributed by atoms with Gasteiger partial charge in [0.25, 0.3) is 5.22 Å². The number of carbonyl (C=O) groups excluding carboxylic acids is 2. The van der Waals surface area contributed by atoms with Crippen molar-refractivity contribution in [2.45, 2.75) is 12.1 Å². The summed E-state index contributed by atoms with van der Waals surface area (Å²) >= 11 is 2.36. The van der Waals surface area contributed by atoms with Crippen LogP contribution in [0.15, 0.2) is 39.3 Å². The number of anilines is 1. The van der Waals surface area contributed by atoms with E-state index in [9.17, 15) is 9.59 Å². The first kappa shape index (κ1) is 16.5. The lowest BCUT2D eigenvalue weighted by Crippen LogP contribution is -2.14. The Kier molecular flexibility index (Phi) is 5.11. The number of esters is 1. The van der Waals surface area contributed by atoms with Gasteiger partial charge < -0.3 is 14.5 Å². The summed E-state index contributed by atoms with van der Waals surface area (Å²) in [6.07, 6.45) is 0. The number of rotatable bonds is 6. The third-order valence-corrected chi connectivity index (χ3v) is 4.42. The van der Waals surface area contributed by atoms with Crippen LogP contribution in [0.4, 0.5) is 5.13 Å². The standard InChI is InChI=1S/C15H13N3O4S2/c1-2-21-13(20)10-7-23-14(16-10)18-12(19)8-24-15-17-9-5-3-4-6-11(9)22-15/h3-7H,2,8H2,1H3,(H,16,18,19). The Bertz CT molecular complexity index is 841. The van der Waals surface area contributed by atoms with Crippen LogP contribution >= 0.6 is 23.1 Å². The number of amides is 1. The summed E-state index contributed by atoms with van der Waals surface area (Å²) in [6.45, 7) is 2.00. The van der Waals surface area contributed by atoms with E-state index in [4.69, 9.17) is 9.15 Å². The minimum Gasteiger partial charge on any atom is -0.461 e. The van der Waals surface area contributed by atoms with Gasteiger partial charge in [0.1, 0.15) is 5.52 Å². The highest BCUT2D eigenvalue weighted by Gasteiger charge is 2.14. The van der Waals surface area contributed by atoms with E-state index in [1.807, 2.05) is 24.3 Å². The molecule has 7 nitrogen and oxygen atoms in total. The van der Waals surface area contributed by atoms with Gasteiger partial charge in [-0.05, 0) is 19.1 Å². The van der Waals surface area contributed by atoms with E-state index in [1.165, 1.54) is 23.1 Å². The molecule has 0 aliphatic heterocycles. The van der Waals surface area contributed by atoms with Crippen LogP contribution < -0.4 is 5.32 Å². The lowest BCUT2D eigenvalue weighted by molar-refractivity contribution is -0.113. The predicted octanol–water partition coefficient (Wildman–Crippen LogP) is 3.19. The lowest BCUT2D eigenvalue weighted by Gasteiger charge is -1.99. The van der Waals surface area contributed by atoms with Crippen LogP contribution in [0, 0.1) is 0 Å². The van der Waals surface area contributed by atoms with Gasteiger partial charge in [0, 0.05) is 5.38 Å². The van der Waals surface area contributed by atoms with Crippen LogP contribution in [0.2, 0.25) is 0 Å². The zero-order valence-electron chi connectivity index (χ0n) is 12.6. The van der Waals surface area contributed by atoms with E-state index >= 15 is 0 Å². The molecule has 1 N–H and O–H groups in total. The van der Waals surface area contributed by atoms with Crippen molar-refractivity contribution in [3.8, 4) is 0 Å². The maximum atomic E-state index is 12.0. The van der Waals surface area contributed by atoms with E-state index in [-0.39, 0.29) is 24.0 Å². The number of hydrogen-bond donors (Lipinski definition) is 1. The summed E-state index contributed by atoms with van der Waals surface area (Å²) in [4.78, 5) is 31.8. The second-order valence-corrected chi connectivity index (χ2v) is 6.33. The zero-order chi connectivity index (χ0) is 16.9. The molecule has 0 radical (unpaired) electrons. The van der Waals surface area contributed by atoms with Crippen LogP contribution in [0.1, 0.15) is 17.4 Å². The summed E-state index contributed by atoms with van der Waals surface area (Å²) in [6, 6.07) is 7.39. The number of nitrogens with one attached hydrogen (secondary N) is 1. The Morgan fingerprint density at radius 3 is 2.96 bits per heavy atom. The monoisotopic (exact) mass is 363 g/mol. The van der Waals surface area contributed by atoms with Crippen LogP contribution in [0.5, 0.6) is 0 Å². The lowest BCUT2D eigenvalue weighted by atomic mass is 10.3. The normalized spacial score (nSPS) is 10.7. The number of thioether (sulfide) groups is 1. The summed E-state index contributed by atoms with van der Waals surface area (Å²) < 4.78 is 10.4. The molecule has 0 unspecified atom stereocenters. The van der Waals surface area contributed by atoms with E-state index in [2.05, 4.69) is 15.3 Å². The zero-order valence-corrected chi connectivity index (χ0v) is 14.3.